The maximum absolute atomic E-state index is 12.6. The van der Waals surface area contributed by atoms with Crippen LogP contribution in [0.1, 0.15) is 39.9 Å². The highest BCUT2D eigenvalue weighted by molar-refractivity contribution is 5.96. The van der Waals surface area contributed by atoms with Crippen molar-refractivity contribution in [2.24, 2.45) is 11.7 Å². The number of amides is 2. The van der Waals surface area contributed by atoms with Crippen molar-refractivity contribution in [3.8, 4) is 0 Å². The molecule has 0 aromatic heterocycles. The first kappa shape index (κ1) is 14.6. The van der Waals surface area contributed by atoms with Gasteiger partial charge >= 0.3 is 0 Å². The average molecular weight is 274 g/mol. The summed E-state index contributed by atoms with van der Waals surface area (Å²) in [7, 11) is 0. The highest BCUT2D eigenvalue weighted by atomic mass is 16.2. The number of hydrogen-bond donors (Lipinski definition) is 1. The van der Waals surface area contributed by atoms with E-state index in [0.29, 0.717) is 25.9 Å². The Morgan fingerprint density at radius 3 is 2.15 bits per heavy atom. The maximum atomic E-state index is 12.6. The predicted molar refractivity (Wildman–Crippen MR) is 78.5 cm³/mol. The van der Waals surface area contributed by atoms with Gasteiger partial charge in [-0.1, -0.05) is 6.07 Å². The number of hydrogen-bond acceptors (Lipinski definition) is 2. The van der Waals surface area contributed by atoms with Crippen LogP contribution in [0.15, 0.2) is 12.1 Å². The number of rotatable bonds is 2. The zero-order valence-corrected chi connectivity index (χ0v) is 12.4. The number of carbonyl (C=O) groups is 2. The lowest BCUT2D eigenvalue weighted by atomic mass is 9.94. The molecule has 0 saturated carbocycles. The lowest BCUT2D eigenvalue weighted by Crippen LogP contribution is -2.42. The highest BCUT2D eigenvalue weighted by Crippen LogP contribution is 2.21. The van der Waals surface area contributed by atoms with Crippen molar-refractivity contribution in [2.75, 3.05) is 13.1 Å². The first-order chi connectivity index (χ1) is 9.40. The van der Waals surface area contributed by atoms with Gasteiger partial charge in [-0.3, -0.25) is 9.59 Å². The van der Waals surface area contributed by atoms with Crippen molar-refractivity contribution in [1.82, 2.24) is 4.90 Å². The number of likely N-dealkylation sites (tertiary alicyclic amines) is 1. The summed E-state index contributed by atoms with van der Waals surface area (Å²) in [5.41, 5.74) is 9.43. The normalized spacial score (nSPS) is 16.2. The first-order valence-corrected chi connectivity index (χ1v) is 7.06. The van der Waals surface area contributed by atoms with Gasteiger partial charge in [0.1, 0.15) is 0 Å². The van der Waals surface area contributed by atoms with Crippen LogP contribution in [0, 0.1) is 26.7 Å². The zero-order valence-electron chi connectivity index (χ0n) is 12.4. The van der Waals surface area contributed by atoms with Crippen LogP contribution < -0.4 is 5.73 Å². The Bertz CT molecular complexity index is 544. The Hall–Kier alpha value is -1.84. The first-order valence-electron chi connectivity index (χ1n) is 7.06. The molecular formula is C16H22N2O2. The molecule has 1 saturated heterocycles. The molecular weight excluding hydrogens is 252 g/mol. The van der Waals surface area contributed by atoms with Gasteiger partial charge in [-0.2, -0.15) is 0 Å². The third-order valence-electron chi connectivity index (χ3n) is 4.26. The molecule has 0 radical (unpaired) electrons. The van der Waals surface area contributed by atoms with E-state index in [4.69, 9.17) is 5.73 Å². The van der Waals surface area contributed by atoms with E-state index in [1.807, 2.05) is 24.8 Å². The van der Waals surface area contributed by atoms with Crippen molar-refractivity contribution in [1.29, 1.82) is 0 Å². The number of nitrogens with zero attached hydrogens (tertiary/aromatic N) is 1. The predicted octanol–water partition coefficient (Wildman–Crippen LogP) is 1.95. The summed E-state index contributed by atoms with van der Waals surface area (Å²) < 4.78 is 0. The molecule has 4 nitrogen and oxygen atoms in total. The number of aryl methyl sites for hydroxylation is 3. The molecule has 20 heavy (non-hydrogen) atoms. The van der Waals surface area contributed by atoms with Crippen molar-refractivity contribution in [3.63, 3.8) is 0 Å². The van der Waals surface area contributed by atoms with E-state index in [0.717, 1.165) is 16.7 Å². The molecule has 1 aliphatic heterocycles. The number of benzene rings is 1. The standard InChI is InChI=1S/C16H22N2O2/c1-10-8-12(3)14(9-11(10)2)16(20)18-6-4-13(5-7-18)15(17)19/h8-9,13H,4-7H2,1-3H3,(H2,17,19). The summed E-state index contributed by atoms with van der Waals surface area (Å²) in [5, 5.41) is 0. The van der Waals surface area contributed by atoms with Crippen LogP contribution in [0.4, 0.5) is 0 Å². The van der Waals surface area contributed by atoms with Crippen LogP contribution in [0.2, 0.25) is 0 Å². The smallest absolute Gasteiger partial charge is 0.254 e. The molecule has 1 fully saturated rings. The molecule has 1 aliphatic rings. The molecule has 1 aromatic rings. The van der Waals surface area contributed by atoms with Crippen molar-refractivity contribution in [3.05, 3.63) is 34.4 Å². The monoisotopic (exact) mass is 274 g/mol. The Kier molecular flexibility index (Phi) is 4.12. The Labute approximate surface area is 119 Å². The fraction of sp³-hybridized carbons (Fsp3) is 0.500. The summed E-state index contributed by atoms with van der Waals surface area (Å²) in [6.07, 6.45) is 1.34. The van der Waals surface area contributed by atoms with Gasteiger partial charge in [0.2, 0.25) is 5.91 Å². The second-order valence-electron chi connectivity index (χ2n) is 5.72. The molecule has 0 atom stereocenters. The molecule has 1 aromatic carbocycles. The highest BCUT2D eigenvalue weighted by Gasteiger charge is 2.27. The van der Waals surface area contributed by atoms with Crippen LogP contribution in [-0.2, 0) is 4.79 Å². The van der Waals surface area contributed by atoms with Gasteiger partial charge in [0.15, 0.2) is 0 Å². The zero-order chi connectivity index (χ0) is 14.9. The van der Waals surface area contributed by atoms with Crippen LogP contribution >= 0.6 is 0 Å². The summed E-state index contributed by atoms with van der Waals surface area (Å²) in [4.78, 5) is 25.6. The Balaban J connectivity index is 2.13. The van der Waals surface area contributed by atoms with Crippen molar-refractivity contribution < 1.29 is 9.59 Å². The van der Waals surface area contributed by atoms with E-state index >= 15 is 0 Å². The lowest BCUT2D eigenvalue weighted by molar-refractivity contribution is -0.123. The molecule has 2 N–H and O–H groups in total. The SMILES string of the molecule is Cc1cc(C)c(C(=O)N2CCC(C(N)=O)CC2)cc1C. The summed E-state index contributed by atoms with van der Waals surface area (Å²) >= 11 is 0. The van der Waals surface area contributed by atoms with Gasteiger partial charge in [-0.05, 0) is 56.4 Å². The van der Waals surface area contributed by atoms with E-state index in [2.05, 4.69) is 13.0 Å². The minimum atomic E-state index is -0.251. The van der Waals surface area contributed by atoms with Crippen LogP contribution in [0.3, 0.4) is 0 Å². The molecule has 4 heteroatoms. The second-order valence-corrected chi connectivity index (χ2v) is 5.72. The molecule has 2 rings (SSSR count). The number of carbonyl (C=O) groups excluding carboxylic acids is 2. The number of piperidine rings is 1. The van der Waals surface area contributed by atoms with Crippen LogP contribution in [0.5, 0.6) is 0 Å². The number of nitrogens with two attached hydrogens (primary N) is 1. The summed E-state index contributed by atoms with van der Waals surface area (Å²) in [6.45, 7) is 7.26. The Morgan fingerprint density at radius 2 is 1.60 bits per heavy atom. The quantitative estimate of drug-likeness (QED) is 0.896. The van der Waals surface area contributed by atoms with E-state index in [1.54, 1.807) is 0 Å². The molecule has 0 spiro atoms. The minimum absolute atomic E-state index is 0.0634. The third-order valence-corrected chi connectivity index (χ3v) is 4.26. The fourth-order valence-corrected chi connectivity index (χ4v) is 2.73. The molecule has 2 amide bonds. The van der Waals surface area contributed by atoms with E-state index < -0.39 is 0 Å². The van der Waals surface area contributed by atoms with Gasteiger partial charge in [0.25, 0.3) is 5.91 Å². The molecule has 0 aliphatic carbocycles. The fourth-order valence-electron chi connectivity index (χ4n) is 2.73. The largest absolute Gasteiger partial charge is 0.369 e. The molecule has 108 valence electrons. The third kappa shape index (κ3) is 2.84. The second kappa shape index (κ2) is 5.65. The maximum Gasteiger partial charge on any atom is 0.254 e. The number of primary amides is 1. The topological polar surface area (TPSA) is 63.4 Å². The van der Waals surface area contributed by atoms with Gasteiger partial charge < -0.3 is 10.6 Å². The van der Waals surface area contributed by atoms with E-state index in [-0.39, 0.29) is 17.7 Å². The lowest BCUT2D eigenvalue weighted by Gasteiger charge is -2.31. The summed E-state index contributed by atoms with van der Waals surface area (Å²) in [6, 6.07) is 4.02. The molecule has 0 bridgehead atoms. The molecule has 1 heterocycles. The molecule has 0 unspecified atom stereocenters. The summed E-state index contributed by atoms with van der Waals surface area (Å²) in [5.74, 6) is -0.270. The van der Waals surface area contributed by atoms with Crippen LogP contribution in [0.25, 0.3) is 0 Å². The van der Waals surface area contributed by atoms with Gasteiger partial charge in [-0.15, -0.1) is 0 Å². The minimum Gasteiger partial charge on any atom is -0.369 e. The van der Waals surface area contributed by atoms with Crippen molar-refractivity contribution in [2.45, 2.75) is 33.6 Å². The van der Waals surface area contributed by atoms with Gasteiger partial charge in [0.05, 0.1) is 0 Å². The average Bonchev–Trinajstić information content (AvgIpc) is 2.42. The van der Waals surface area contributed by atoms with Crippen molar-refractivity contribution >= 4 is 11.8 Å². The van der Waals surface area contributed by atoms with Gasteiger partial charge in [-0.25, -0.2) is 0 Å². The van der Waals surface area contributed by atoms with Gasteiger partial charge in [0, 0.05) is 24.6 Å². The Morgan fingerprint density at radius 1 is 1.05 bits per heavy atom. The van der Waals surface area contributed by atoms with Crippen LogP contribution in [-0.4, -0.2) is 29.8 Å². The van der Waals surface area contributed by atoms with E-state index in [9.17, 15) is 9.59 Å². The van der Waals surface area contributed by atoms with E-state index in [1.165, 1.54) is 5.56 Å².